The maximum atomic E-state index is 14.5. The molecule has 5 aromatic carbocycles. The SMILES string of the molecule is CC(C)(C)c1ccc(N2c3cc(OC(F)(F)F)cc4c3B(c3sc5c(C(C)(C)C)cccc5c32)c2sc3c(C(C)(C)C)cccc3c2N4c2ccc(C(C)(C)C)cc2)cc1. The lowest BCUT2D eigenvalue weighted by molar-refractivity contribution is -0.274. The molecular weight excluding hydrogens is 789 g/mol. The van der Waals surface area contributed by atoms with Crippen LogP contribution >= 0.6 is 22.7 Å². The summed E-state index contributed by atoms with van der Waals surface area (Å²) in [6.07, 6.45) is -4.90. The highest BCUT2D eigenvalue weighted by Gasteiger charge is 2.48. The second kappa shape index (κ2) is 13.4. The number of thiophene rings is 2. The highest BCUT2D eigenvalue weighted by atomic mass is 32.1. The van der Waals surface area contributed by atoms with Crippen molar-refractivity contribution in [3.05, 3.63) is 119 Å². The first kappa shape index (κ1) is 40.7. The van der Waals surface area contributed by atoms with E-state index in [0.29, 0.717) is 11.4 Å². The van der Waals surface area contributed by atoms with Crippen molar-refractivity contribution in [2.24, 2.45) is 0 Å². The van der Waals surface area contributed by atoms with E-state index in [2.05, 4.69) is 178 Å². The zero-order valence-electron chi connectivity index (χ0n) is 36.6. The second-order valence-corrected chi connectivity index (χ2v) is 22.7. The Hall–Kier alpha value is -4.73. The highest BCUT2D eigenvalue weighted by Crippen LogP contribution is 2.53. The van der Waals surface area contributed by atoms with Crippen molar-refractivity contribution in [2.75, 3.05) is 9.80 Å². The fourth-order valence-corrected chi connectivity index (χ4v) is 12.5. The van der Waals surface area contributed by atoms with Gasteiger partial charge in [0.1, 0.15) is 5.75 Å². The van der Waals surface area contributed by atoms with E-state index in [1.807, 2.05) is 22.7 Å². The van der Waals surface area contributed by atoms with Gasteiger partial charge in [0.15, 0.2) is 0 Å². The van der Waals surface area contributed by atoms with Crippen LogP contribution in [0.25, 0.3) is 20.2 Å². The van der Waals surface area contributed by atoms with Crippen molar-refractivity contribution in [1.82, 2.24) is 0 Å². The average Bonchev–Trinajstić information content (AvgIpc) is 3.72. The largest absolute Gasteiger partial charge is 0.573 e. The molecule has 3 nitrogen and oxygen atoms in total. The van der Waals surface area contributed by atoms with Crippen molar-refractivity contribution in [3.63, 3.8) is 0 Å². The number of fused-ring (bicyclic) bond motifs is 8. The van der Waals surface area contributed by atoms with Gasteiger partial charge in [-0.15, -0.1) is 35.8 Å². The fraction of sp³-hybridized carbons (Fsp3) is 0.333. The van der Waals surface area contributed by atoms with Crippen LogP contribution in [0.1, 0.15) is 105 Å². The van der Waals surface area contributed by atoms with E-state index in [9.17, 15) is 13.2 Å². The number of nitrogens with zero attached hydrogens (tertiary/aromatic N) is 2. The number of rotatable bonds is 3. The molecule has 0 radical (unpaired) electrons. The Bertz CT molecular complexity index is 2640. The van der Waals surface area contributed by atoms with E-state index in [1.54, 1.807) is 12.1 Å². The molecule has 9 heteroatoms. The summed E-state index contributed by atoms with van der Waals surface area (Å²) in [5.41, 5.74) is 10.5. The quantitative estimate of drug-likeness (QED) is 0.165. The van der Waals surface area contributed by atoms with Crippen LogP contribution < -0.4 is 29.6 Å². The number of hydrogen-bond donors (Lipinski definition) is 0. The molecule has 0 saturated carbocycles. The smallest absolute Gasteiger partial charge is 0.406 e. The molecule has 308 valence electrons. The van der Waals surface area contributed by atoms with Gasteiger partial charge in [-0.3, -0.25) is 0 Å². The Morgan fingerprint density at radius 3 is 1.22 bits per heavy atom. The molecule has 60 heavy (non-hydrogen) atoms. The van der Waals surface area contributed by atoms with Crippen LogP contribution in [0.15, 0.2) is 97.1 Å². The van der Waals surface area contributed by atoms with Crippen molar-refractivity contribution < 1.29 is 17.9 Å². The molecule has 9 rings (SSSR count). The van der Waals surface area contributed by atoms with Crippen molar-refractivity contribution in [1.29, 1.82) is 0 Å². The van der Waals surface area contributed by atoms with Gasteiger partial charge >= 0.3 is 6.36 Å². The number of anilines is 6. The molecule has 0 aliphatic carbocycles. The van der Waals surface area contributed by atoms with Crippen LogP contribution in [0, 0.1) is 0 Å². The summed E-state index contributed by atoms with van der Waals surface area (Å²) < 4.78 is 53.3. The number of benzene rings is 5. The van der Waals surface area contributed by atoms with Crippen molar-refractivity contribution in [3.8, 4) is 5.75 Å². The standard InChI is InChI=1S/C51H52BF3N2OS2/c1-47(2,3)29-19-23-31(24-20-29)56-38-27-33(58-51(53,54)55)28-39-40(38)52(45-41(56)34-15-13-17-36(43(34)59-45)49(7,8)9)46-42(35-16-14-18-37(44(35)60-46)50(10,11)12)57(39)32-25-21-30(22-26-32)48(4,5)6/h13-28H,1-12H3. The molecule has 2 aromatic heterocycles. The Balaban J connectivity index is 1.45. The van der Waals surface area contributed by atoms with Gasteiger partial charge in [-0.25, -0.2) is 0 Å². The van der Waals surface area contributed by atoms with E-state index >= 15 is 0 Å². The Kier molecular flexibility index (Phi) is 9.07. The average molecular weight is 841 g/mol. The zero-order valence-corrected chi connectivity index (χ0v) is 38.2. The third kappa shape index (κ3) is 6.62. The summed E-state index contributed by atoms with van der Waals surface area (Å²) in [7, 11) is 0. The van der Waals surface area contributed by atoms with E-state index in [0.717, 1.165) is 39.0 Å². The molecule has 2 aliphatic rings. The fourth-order valence-electron chi connectivity index (χ4n) is 9.12. The molecule has 0 fully saturated rings. The summed E-state index contributed by atoms with van der Waals surface area (Å²) in [5.74, 6) is -0.251. The molecule has 7 aromatic rings. The van der Waals surface area contributed by atoms with E-state index < -0.39 is 6.36 Å². The van der Waals surface area contributed by atoms with Gasteiger partial charge in [-0.1, -0.05) is 144 Å². The molecule has 4 heterocycles. The first-order valence-corrected chi connectivity index (χ1v) is 22.4. The van der Waals surface area contributed by atoms with E-state index in [-0.39, 0.29) is 34.1 Å². The Morgan fingerprint density at radius 1 is 0.500 bits per heavy atom. The van der Waals surface area contributed by atoms with Gasteiger partial charge in [0, 0.05) is 64.6 Å². The number of ether oxygens (including phenoxy) is 1. The van der Waals surface area contributed by atoms with Crippen molar-refractivity contribution in [2.45, 2.75) is 111 Å². The van der Waals surface area contributed by atoms with Crippen LogP contribution in [-0.4, -0.2) is 13.1 Å². The van der Waals surface area contributed by atoms with Gasteiger partial charge in [0.25, 0.3) is 6.71 Å². The third-order valence-electron chi connectivity index (χ3n) is 12.1. The van der Waals surface area contributed by atoms with Crippen LogP contribution in [0.2, 0.25) is 0 Å². The van der Waals surface area contributed by atoms with Gasteiger partial charge in [0.2, 0.25) is 0 Å². The second-order valence-electron chi connectivity index (χ2n) is 20.6. The van der Waals surface area contributed by atoms with Gasteiger partial charge in [-0.05, 0) is 73.6 Å². The molecule has 0 N–H and O–H groups in total. The predicted molar refractivity (Wildman–Crippen MR) is 253 cm³/mol. The minimum absolute atomic E-state index is 0.0838. The maximum Gasteiger partial charge on any atom is 0.573 e. The molecule has 0 atom stereocenters. The van der Waals surface area contributed by atoms with Gasteiger partial charge < -0.3 is 14.5 Å². The van der Waals surface area contributed by atoms with Crippen LogP contribution in [0.5, 0.6) is 5.75 Å². The molecule has 0 bridgehead atoms. The lowest BCUT2D eigenvalue weighted by Gasteiger charge is -2.42. The van der Waals surface area contributed by atoms with Crippen LogP contribution in [0.4, 0.5) is 47.3 Å². The molecule has 0 amide bonds. The minimum atomic E-state index is -4.90. The molecular formula is C51H52BF3N2OS2. The molecule has 0 unspecified atom stereocenters. The number of halogens is 3. The van der Waals surface area contributed by atoms with Crippen molar-refractivity contribution >= 4 is 98.7 Å². The van der Waals surface area contributed by atoms with Crippen LogP contribution in [-0.2, 0) is 21.7 Å². The molecule has 0 saturated heterocycles. The third-order valence-corrected chi connectivity index (χ3v) is 14.7. The lowest BCUT2D eigenvalue weighted by atomic mass is 9.39. The van der Waals surface area contributed by atoms with Gasteiger partial charge in [0.05, 0.1) is 11.4 Å². The number of alkyl halides is 3. The molecule has 2 aliphatic heterocycles. The summed E-state index contributed by atoms with van der Waals surface area (Å²) in [6, 6.07) is 33.4. The maximum absolute atomic E-state index is 14.5. The van der Waals surface area contributed by atoms with Gasteiger partial charge in [-0.2, -0.15) is 0 Å². The summed E-state index contributed by atoms with van der Waals surface area (Å²) >= 11 is 3.66. The Morgan fingerprint density at radius 2 is 0.883 bits per heavy atom. The molecule has 0 spiro atoms. The van der Waals surface area contributed by atoms with E-state index in [4.69, 9.17) is 4.74 Å². The highest BCUT2D eigenvalue weighted by molar-refractivity contribution is 7.41. The topological polar surface area (TPSA) is 15.7 Å². The summed E-state index contributed by atoms with van der Waals surface area (Å²) in [6.45, 7) is 26.4. The monoisotopic (exact) mass is 840 g/mol. The number of hydrogen-bond acceptors (Lipinski definition) is 5. The first-order chi connectivity index (χ1) is 27.9. The zero-order chi connectivity index (χ0) is 43.1. The minimum Gasteiger partial charge on any atom is -0.406 e. The summed E-state index contributed by atoms with van der Waals surface area (Å²) in [4.78, 5) is 4.43. The van der Waals surface area contributed by atoms with Crippen LogP contribution in [0.3, 0.4) is 0 Å². The predicted octanol–water partition coefficient (Wildman–Crippen LogP) is 14.3. The first-order valence-electron chi connectivity index (χ1n) is 20.8. The normalized spacial score (nSPS) is 14.5. The lowest BCUT2D eigenvalue weighted by Crippen LogP contribution is -2.59. The van der Waals surface area contributed by atoms with E-state index in [1.165, 1.54) is 41.2 Å². The summed E-state index contributed by atoms with van der Waals surface area (Å²) in [5, 5.41) is 2.19. The Labute approximate surface area is 360 Å².